The summed E-state index contributed by atoms with van der Waals surface area (Å²) in [4.78, 5) is 1.28. The fourth-order valence-electron chi connectivity index (χ4n) is 3.71. The second kappa shape index (κ2) is 8.93. The number of hydrogen-bond donors (Lipinski definition) is 2. The Hall–Kier alpha value is -1.09. The van der Waals surface area contributed by atoms with Crippen LogP contribution in [0.1, 0.15) is 105 Å². The van der Waals surface area contributed by atoms with E-state index in [1.807, 2.05) is 22.3 Å². The molecule has 0 heterocycles. The van der Waals surface area contributed by atoms with Gasteiger partial charge in [0.05, 0.1) is 0 Å². The third-order valence-electron chi connectivity index (χ3n) is 5.61. The van der Waals surface area contributed by atoms with E-state index in [1.54, 1.807) is 0 Å². The molecule has 0 aliphatic carbocycles. The van der Waals surface area contributed by atoms with Crippen molar-refractivity contribution in [2.75, 3.05) is 0 Å². The van der Waals surface area contributed by atoms with E-state index in [1.165, 1.54) is 20.5 Å². The molecule has 0 saturated carbocycles. The van der Waals surface area contributed by atoms with E-state index in [0.717, 1.165) is 11.1 Å². The molecule has 2 aromatic carbocycles. The summed E-state index contributed by atoms with van der Waals surface area (Å²) < 4.78 is 1.28. The fourth-order valence-corrected chi connectivity index (χ4v) is 8.25. The Morgan fingerprint density at radius 1 is 0.562 bits per heavy atom. The van der Waals surface area contributed by atoms with Gasteiger partial charge in [-0.1, -0.05) is 0 Å². The van der Waals surface area contributed by atoms with Crippen molar-refractivity contribution in [3.8, 4) is 11.5 Å². The van der Waals surface area contributed by atoms with Crippen LogP contribution < -0.4 is 4.46 Å². The molecule has 2 aromatic rings. The molecule has 0 saturated heterocycles. The van der Waals surface area contributed by atoms with Gasteiger partial charge in [-0.2, -0.15) is 0 Å². The summed E-state index contributed by atoms with van der Waals surface area (Å²) in [5.74, 6) is 0.774. The maximum absolute atomic E-state index is 11.1. The van der Waals surface area contributed by atoms with Crippen molar-refractivity contribution in [2.24, 2.45) is 0 Å². The SMILES string of the molecule is CC(C)(C)c1cc([Se]Sc2c(C(C)(C)C)cc(O)cc2C(C)(C)C)cc(C(C)(C)C)c1O. The molecule has 0 fully saturated rings. The van der Waals surface area contributed by atoms with E-state index in [9.17, 15) is 10.2 Å². The van der Waals surface area contributed by atoms with E-state index in [0.29, 0.717) is 11.5 Å². The van der Waals surface area contributed by atoms with Gasteiger partial charge in [-0.3, -0.25) is 0 Å². The van der Waals surface area contributed by atoms with Crippen molar-refractivity contribution in [1.82, 2.24) is 0 Å². The van der Waals surface area contributed by atoms with Gasteiger partial charge in [0.2, 0.25) is 0 Å². The maximum atomic E-state index is 11.1. The van der Waals surface area contributed by atoms with Crippen LogP contribution in [0.15, 0.2) is 29.2 Å². The van der Waals surface area contributed by atoms with Crippen LogP contribution in [0.4, 0.5) is 0 Å². The van der Waals surface area contributed by atoms with Crippen LogP contribution >= 0.6 is 10.2 Å². The van der Waals surface area contributed by atoms with Gasteiger partial charge in [-0.05, 0) is 0 Å². The summed E-state index contributed by atoms with van der Waals surface area (Å²) >= 11 is 0.116. The second-order valence-corrected chi connectivity index (χ2v) is 16.7. The first-order valence-electron chi connectivity index (χ1n) is 11.3. The quantitative estimate of drug-likeness (QED) is 0.416. The second-order valence-electron chi connectivity index (χ2n) is 12.9. The molecule has 0 amide bonds. The summed E-state index contributed by atoms with van der Waals surface area (Å²) in [6, 6.07) is 8.27. The molecule has 2 N–H and O–H groups in total. The topological polar surface area (TPSA) is 40.5 Å². The van der Waals surface area contributed by atoms with E-state index in [4.69, 9.17) is 0 Å². The molecule has 32 heavy (non-hydrogen) atoms. The van der Waals surface area contributed by atoms with Gasteiger partial charge in [0.15, 0.2) is 0 Å². The number of phenols is 2. The molecule has 2 rings (SSSR count). The minimum atomic E-state index is -0.132. The third kappa shape index (κ3) is 6.27. The fraction of sp³-hybridized carbons (Fsp3) is 0.571. The van der Waals surface area contributed by atoms with Crippen LogP contribution in [0.2, 0.25) is 0 Å². The molecule has 0 unspecified atom stereocenters. The Balaban J connectivity index is 2.64. The van der Waals surface area contributed by atoms with Crippen LogP contribution in [-0.2, 0) is 21.7 Å². The summed E-state index contributed by atoms with van der Waals surface area (Å²) in [7, 11) is 1.90. The summed E-state index contributed by atoms with van der Waals surface area (Å²) in [6.07, 6.45) is 0. The van der Waals surface area contributed by atoms with Crippen molar-refractivity contribution < 1.29 is 10.2 Å². The van der Waals surface area contributed by atoms with Crippen LogP contribution in [0.3, 0.4) is 0 Å². The molecule has 0 aliphatic rings. The van der Waals surface area contributed by atoms with Gasteiger partial charge in [-0.25, -0.2) is 0 Å². The van der Waals surface area contributed by atoms with Gasteiger partial charge in [0.25, 0.3) is 0 Å². The Bertz CT molecular complexity index is 910. The predicted molar refractivity (Wildman–Crippen MR) is 142 cm³/mol. The molecule has 178 valence electrons. The molecular formula is C28H42O2SSe. The first kappa shape index (κ1) is 27.2. The van der Waals surface area contributed by atoms with Crippen LogP contribution in [-0.4, -0.2) is 24.0 Å². The zero-order valence-corrected chi connectivity index (χ0v) is 24.5. The monoisotopic (exact) mass is 522 g/mol. The normalized spacial score (nSPS) is 13.5. The summed E-state index contributed by atoms with van der Waals surface area (Å²) in [5.41, 5.74) is 4.01. The first-order valence-corrected chi connectivity index (χ1v) is 15.0. The van der Waals surface area contributed by atoms with Crippen LogP contribution in [0.25, 0.3) is 0 Å². The number of hydrogen-bond acceptors (Lipinski definition) is 3. The standard InChI is InChI=1S/C28H42O2SSe/c1-25(2,3)19-15-18(16-20(23(19)30)26(4,5)6)32-31-24-21(27(7,8)9)13-17(29)14-22(24)28(10,11)12/h13-16,29-30H,1-12H3. The number of benzene rings is 2. The van der Waals surface area contributed by atoms with Crippen molar-refractivity contribution in [1.29, 1.82) is 0 Å². The first-order chi connectivity index (χ1) is 14.2. The Labute approximate surface area is 205 Å². The van der Waals surface area contributed by atoms with E-state index >= 15 is 0 Å². The Kier molecular flexibility index (Phi) is 7.58. The molecular weight excluding hydrogens is 479 g/mol. The van der Waals surface area contributed by atoms with Crippen LogP contribution in [0, 0.1) is 0 Å². The van der Waals surface area contributed by atoms with Crippen molar-refractivity contribution >= 4 is 28.5 Å². The predicted octanol–water partition coefficient (Wildman–Crippen LogP) is 7.32. The van der Waals surface area contributed by atoms with E-state index < -0.39 is 0 Å². The molecule has 0 aromatic heterocycles. The zero-order valence-electron chi connectivity index (χ0n) is 22.0. The Morgan fingerprint density at radius 2 is 0.906 bits per heavy atom. The van der Waals surface area contributed by atoms with Gasteiger partial charge in [-0.15, -0.1) is 0 Å². The number of aromatic hydroxyl groups is 2. The van der Waals surface area contributed by atoms with Crippen LogP contribution in [0.5, 0.6) is 11.5 Å². The zero-order chi connectivity index (χ0) is 24.9. The molecule has 0 radical (unpaired) electrons. The third-order valence-corrected chi connectivity index (χ3v) is 9.77. The Morgan fingerprint density at radius 3 is 1.22 bits per heavy atom. The van der Waals surface area contributed by atoms with Gasteiger partial charge >= 0.3 is 206 Å². The van der Waals surface area contributed by atoms with Crippen molar-refractivity contribution in [3.05, 3.63) is 46.5 Å². The van der Waals surface area contributed by atoms with Gasteiger partial charge in [0.1, 0.15) is 0 Å². The summed E-state index contributed by atoms with van der Waals surface area (Å²) in [5, 5.41) is 21.6. The number of phenolic OH excluding ortho intramolecular Hbond substituents is 2. The molecule has 0 spiro atoms. The van der Waals surface area contributed by atoms with E-state index in [2.05, 4.69) is 95.2 Å². The molecule has 0 bridgehead atoms. The van der Waals surface area contributed by atoms with Gasteiger partial charge < -0.3 is 0 Å². The van der Waals surface area contributed by atoms with Crippen molar-refractivity contribution in [2.45, 2.75) is 110 Å². The average Bonchev–Trinajstić information content (AvgIpc) is 2.57. The molecule has 4 heteroatoms. The molecule has 0 atom stereocenters. The van der Waals surface area contributed by atoms with E-state index in [-0.39, 0.29) is 35.5 Å². The summed E-state index contributed by atoms with van der Waals surface area (Å²) in [6.45, 7) is 26.2. The van der Waals surface area contributed by atoms with Crippen molar-refractivity contribution in [3.63, 3.8) is 0 Å². The van der Waals surface area contributed by atoms with Gasteiger partial charge in [0, 0.05) is 0 Å². The minimum absolute atomic E-state index is 0.0702. The molecule has 0 aliphatic heterocycles. The average molecular weight is 522 g/mol. The number of rotatable bonds is 3. The molecule has 2 nitrogen and oxygen atoms in total.